The van der Waals surface area contributed by atoms with Crippen molar-refractivity contribution in [3.8, 4) is 0 Å². The number of carbonyl (C=O) groups is 5. The topological polar surface area (TPSA) is 192 Å². The van der Waals surface area contributed by atoms with Gasteiger partial charge in [-0.15, -0.1) is 0 Å². The second-order valence-electron chi connectivity index (χ2n) is 7.29. The van der Waals surface area contributed by atoms with E-state index in [9.17, 15) is 19.2 Å². The van der Waals surface area contributed by atoms with Crippen LogP contribution in [0.1, 0.15) is 87.5 Å². The second-order valence-corrected chi connectivity index (χ2v) is 7.29. The Labute approximate surface area is 219 Å². The van der Waals surface area contributed by atoms with Gasteiger partial charge in [-0.3, -0.25) is 0 Å². The number of carboxylic acid groups (broad SMARTS) is 2. The Morgan fingerprint density at radius 2 is 0.892 bits per heavy atom. The molecule has 3 N–H and O–H groups in total. The molecule has 0 amide bonds. The Balaban J connectivity index is -0.000000301. The molecule has 0 fully saturated rings. The van der Waals surface area contributed by atoms with E-state index >= 15 is 0 Å². The van der Waals surface area contributed by atoms with Gasteiger partial charge in [0.15, 0.2) is 12.2 Å². The molecule has 0 bridgehead atoms. The van der Waals surface area contributed by atoms with Crippen LogP contribution >= 0.6 is 0 Å². The molecule has 0 aliphatic rings. The van der Waals surface area contributed by atoms with Gasteiger partial charge >= 0.3 is 30.2 Å². The molecule has 0 aromatic rings. The zero-order chi connectivity index (χ0) is 28.5. The van der Waals surface area contributed by atoms with Gasteiger partial charge in [-0.05, 0) is 40.0 Å². The molecule has 3 unspecified atom stereocenters. The molecule has 0 aliphatic carbocycles. The summed E-state index contributed by atoms with van der Waals surface area (Å²) in [6.07, 6.45) is -1.000. The Bertz CT molecular complexity index is 584. The molecule has 0 aromatic heterocycles. The van der Waals surface area contributed by atoms with Crippen molar-refractivity contribution in [1.29, 1.82) is 0 Å². The molecule has 0 saturated heterocycles. The first kappa shape index (κ1) is 41.1. The number of ether oxygens (including phenoxy) is 5. The van der Waals surface area contributed by atoms with E-state index in [1.165, 1.54) is 20.8 Å². The average Bonchev–Trinajstić information content (AvgIpc) is 2.79. The first-order valence-electron chi connectivity index (χ1n) is 11.8. The highest BCUT2D eigenvalue weighted by atomic mass is 16.7. The lowest BCUT2D eigenvalue weighted by Crippen LogP contribution is -2.31. The second kappa shape index (κ2) is 27.5. The summed E-state index contributed by atoms with van der Waals surface area (Å²) in [5.74, 6) is -1.83. The third-order valence-electron chi connectivity index (χ3n) is 3.78. The summed E-state index contributed by atoms with van der Waals surface area (Å²) >= 11 is 0. The van der Waals surface area contributed by atoms with Crippen molar-refractivity contribution in [1.82, 2.24) is 0 Å². The van der Waals surface area contributed by atoms with E-state index in [4.69, 9.17) is 39.1 Å². The maximum Gasteiger partial charge on any atom is 0.509 e. The molecule has 0 aromatic carbocycles. The van der Waals surface area contributed by atoms with Crippen molar-refractivity contribution in [2.75, 3.05) is 19.8 Å². The van der Waals surface area contributed by atoms with Crippen molar-refractivity contribution in [2.24, 2.45) is 0 Å². The van der Waals surface area contributed by atoms with E-state index in [1.807, 2.05) is 20.8 Å². The predicted molar refractivity (Wildman–Crippen MR) is 133 cm³/mol. The van der Waals surface area contributed by atoms with Crippen LogP contribution < -0.4 is 0 Å². The largest absolute Gasteiger partial charge is 0.509 e. The molecule has 0 aliphatic heterocycles. The van der Waals surface area contributed by atoms with E-state index in [-0.39, 0.29) is 20.6 Å². The molecule has 0 heterocycles. The number of aliphatic hydroxyl groups is 1. The van der Waals surface area contributed by atoms with Gasteiger partial charge in [-0.1, -0.05) is 47.5 Å². The van der Waals surface area contributed by atoms with Crippen molar-refractivity contribution in [2.45, 2.75) is 106 Å². The Morgan fingerprint density at radius 1 is 0.622 bits per heavy atom. The van der Waals surface area contributed by atoms with E-state index in [0.29, 0.717) is 6.61 Å². The lowest BCUT2D eigenvalue weighted by molar-refractivity contribution is -0.158. The molecule has 37 heavy (non-hydrogen) atoms. The predicted octanol–water partition coefficient (Wildman–Crippen LogP) is 4.17. The van der Waals surface area contributed by atoms with Crippen molar-refractivity contribution < 1.29 is 63.0 Å². The average molecular weight is 543 g/mol. The zero-order valence-corrected chi connectivity index (χ0v) is 22.0. The highest BCUT2D eigenvalue weighted by Gasteiger charge is 2.24. The summed E-state index contributed by atoms with van der Waals surface area (Å²) in [7, 11) is 0. The number of hydrogen-bond acceptors (Lipinski definition) is 11. The molecule has 0 radical (unpaired) electrons. The van der Waals surface area contributed by atoms with Crippen molar-refractivity contribution in [3.05, 3.63) is 0 Å². The molecule has 13 nitrogen and oxygen atoms in total. The number of rotatable bonds is 14. The van der Waals surface area contributed by atoms with E-state index < -0.39 is 48.5 Å². The third-order valence-corrected chi connectivity index (χ3v) is 3.78. The molecule has 3 atom stereocenters. The van der Waals surface area contributed by atoms with Gasteiger partial charge in [0.05, 0.1) is 19.8 Å². The fraction of sp³-hybridized carbons (Fsp3) is 0.792. The van der Waals surface area contributed by atoms with Crippen LogP contribution in [0.2, 0.25) is 0 Å². The smallest absolute Gasteiger partial charge is 0.464 e. The summed E-state index contributed by atoms with van der Waals surface area (Å²) in [5.41, 5.74) is 0. The number of unbranched alkanes of at least 4 members (excludes halogenated alkanes) is 3. The van der Waals surface area contributed by atoms with Crippen LogP contribution in [-0.2, 0) is 38.1 Å². The van der Waals surface area contributed by atoms with Gasteiger partial charge in [-0.25, -0.2) is 24.0 Å². The van der Waals surface area contributed by atoms with Crippen molar-refractivity contribution in [3.63, 3.8) is 0 Å². The molecular formula is C24H46O13. The van der Waals surface area contributed by atoms with Crippen LogP contribution in [0.4, 0.5) is 9.59 Å². The maximum absolute atomic E-state index is 11.5. The molecule has 0 spiro atoms. The highest BCUT2D eigenvalue weighted by molar-refractivity contribution is 5.79. The summed E-state index contributed by atoms with van der Waals surface area (Å²) < 4.78 is 23.9. The lowest BCUT2D eigenvalue weighted by Gasteiger charge is -2.15. The van der Waals surface area contributed by atoms with Gasteiger partial charge in [-0.2, -0.15) is 0 Å². The van der Waals surface area contributed by atoms with Crippen LogP contribution in [0.15, 0.2) is 0 Å². The fourth-order valence-corrected chi connectivity index (χ4v) is 1.72. The van der Waals surface area contributed by atoms with Crippen LogP contribution in [0.25, 0.3) is 0 Å². The zero-order valence-electron chi connectivity index (χ0n) is 22.0. The minimum atomic E-state index is -1.83. The summed E-state index contributed by atoms with van der Waals surface area (Å²) in [4.78, 5) is 53.6. The summed E-state index contributed by atoms with van der Waals surface area (Å²) in [6.45, 7) is 11.1. The van der Waals surface area contributed by atoms with Gasteiger partial charge < -0.3 is 39.0 Å². The lowest BCUT2D eigenvalue weighted by atomic mass is 10.3. The van der Waals surface area contributed by atoms with Gasteiger partial charge in [0.2, 0.25) is 0 Å². The molecule has 220 valence electrons. The molecule has 13 heteroatoms. The highest BCUT2D eigenvalue weighted by Crippen LogP contribution is 2.03. The van der Waals surface area contributed by atoms with Crippen LogP contribution in [0.3, 0.4) is 0 Å². The van der Waals surface area contributed by atoms with Gasteiger partial charge in [0.1, 0.15) is 6.10 Å². The van der Waals surface area contributed by atoms with Crippen LogP contribution in [-0.4, -0.2) is 83.7 Å². The van der Waals surface area contributed by atoms with E-state index in [1.54, 1.807) is 0 Å². The van der Waals surface area contributed by atoms with Gasteiger partial charge in [0.25, 0.3) is 0 Å². The fourth-order valence-electron chi connectivity index (χ4n) is 1.72. The summed E-state index contributed by atoms with van der Waals surface area (Å²) in [6, 6.07) is 0. The van der Waals surface area contributed by atoms with Crippen molar-refractivity contribution >= 4 is 30.2 Å². The van der Waals surface area contributed by atoms with Gasteiger partial charge in [0, 0.05) is 0 Å². The molecule has 0 rings (SSSR count). The Hall–Kier alpha value is -3.09. The molecular weight excluding hydrogens is 496 g/mol. The number of esters is 3. The SMILES string of the molecule is C.CCCCOC(=O)C(C)O.CCCCOC(=O)C(C)OC(=O)OC(C)C(=O)OCCCC.O=C(O)O. The van der Waals surface area contributed by atoms with E-state index in [2.05, 4.69) is 4.74 Å². The number of hydrogen-bond donors (Lipinski definition) is 3. The third kappa shape index (κ3) is 30.9. The normalized spacial score (nSPS) is 11.8. The number of carbonyl (C=O) groups excluding carboxylic acids is 4. The summed E-state index contributed by atoms with van der Waals surface area (Å²) in [5, 5.41) is 22.6. The molecule has 0 saturated carbocycles. The minimum Gasteiger partial charge on any atom is -0.464 e. The first-order chi connectivity index (χ1) is 16.8. The van der Waals surface area contributed by atoms with E-state index in [0.717, 1.165) is 38.5 Å². The maximum atomic E-state index is 11.5. The Kier molecular flexibility index (Phi) is 30.5. The monoisotopic (exact) mass is 542 g/mol. The minimum absolute atomic E-state index is 0. The quantitative estimate of drug-likeness (QED) is 0.161. The van der Waals surface area contributed by atoms with Crippen LogP contribution in [0.5, 0.6) is 0 Å². The Morgan fingerprint density at radius 3 is 1.14 bits per heavy atom. The standard InChI is InChI=1S/C15H26O7.C7H14O3.CH2O3.CH4/c1-5-7-9-19-13(16)11(3)21-15(18)22-12(4)14(17)20-10-8-6-2;1-3-4-5-10-7(9)6(2)8;2-1(3)4;/h11-12H,5-10H2,1-4H3;6,8H,3-5H2,1-2H3;(H2,2,3,4);1H4. The number of aliphatic hydroxyl groups excluding tert-OH is 1. The van der Waals surface area contributed by atoms with Crippen LogP contribution in [0, 0.1) is 0 Å². The first-order valence-corrected chi connectivity index (χ1v) is 11.8.